The monoisotopic (exact) mass is 376 g/mol. The first-order valence-electron chi connectivity index (χ1n) is 8.88. The van der Waals surface area contributed by atoms with Crippen molar-refractivity contribution < 1.29 is 9.53 Å². The number of fused-ring (bicyclic) bond motifs is 1. The van der Waals surface area contributed by atoms with E-state index >= 15 is 0 Å². The zero-order valence-electron chi connectivity index (χ0n) is 15.7. The molecule has 8 nitrogen and oxygen atoms in total. The van der Waals surface area contributed by atoms with E-state index in [1.54, 1.807) is 16.2 Å². The number of rotatable bonds is 6. The van der Waals surface area contributed by atoms with Gasteiger partial charge in [0.15, 0.2) is 0 Å². The average Bonchev–Trinajstić information content (AvgIpc) is 3.29. The highest BCUT2D eigenvalue weighted by Crippen LogP contribution is 2.13. The number of benzene rings is 1. The van der Waals surface area contributed by atoms with E-state index in [4.69, 9.17) is 4.74 Å². The third kappa shape index (κ3) is 3.57. The van der Waals surface area contributed by atoms with Crippen molar-refractivity contribution in [2.24, 2.45) is 0 Å². The number of amides is 1. The largest absolute Gasteiger partial charge is 0.497 e. The van der Waals surface area contributed by atoms with Crippen molar-refractivity contribution in [3.63, 3.8) is 0 Å². The standard InChI is InChI=1S/C20H20N6O2/c1-14-19(26-10-4-3-5-18(26)22-14)20(27)21-11-16-13-25(24-23-16)12-15-6-8-17(28-2)9-7-15/h3-10,13H,11-12H2,1-2H3,(H,21,27). The van der Waals surface area contributed by atoms with E-state index in [9.17, 15) is 4.79 Å². The Labute approximate surface area is 161 Å². The minimum Gasteiger partial charge on any atom is -0.497 e. The first-order valence-corrected chi connectivity index (χ1v) is 8.88. The summed E-state index contributed by atoms with van der Waals surface area (Å²) in [6.45, 7) is 2.71. The number of hydrogen-bond donors (Lipinski definition) is 1. The lowest BCUT2D eigenvalue weighted by atomic mass is 10.2. The fraction of sp³-hybridized carbons (Fsp3) is 0.200. The van der Waals surface area contributed by atoms with Crippen LogP contribution in [-0.4, -0.2) is 37.4 Å². The Hall–Kier alpha value is -3.68. The summed E-state index contributed by atoms with van der Waals surface area (Å²) in [5, 5.41) is 11.2. The highest BCUT2D eigenvalue weighted by atomic mass is 16.5. The van der Waals surface area contributed by atoms with E-state index < -0.39 is 0 Å². The van der Waals surface area contributed by atoms with Gasteiger partial charge in [0.05, 0.1) is 32.1 Å². The fourth-order valence-electron chi connectivity index (χ4n) is 3.06. The van der Waals surface area contributed by atoms with Crippen LogP contribution in [0.3, 0.4) is 0 Å². The van der Waals surface area contributed by atoms with Gasteiger partial charge in [-0.25, -0.2) is 9.67 Å². The van der Waals surface area contributed by atoms with Crippen molar-refractivity contribution in [1.29, 1.82) is 0 Å². The van der Waals surface area contributed by atoms with Crippen molar-refractivity contribution in [2.45, 2.75) is 20.0 Å². The molecule has 0 atom stereocenters. The van der Waals surface area contributed by atoms with Crippen LogP contribution in [0, 0.1) is 6.92 Å². The third-order valence-electron chi connectivity index (χ3n) is 4.44. The summed E-state index contributed by atoms with van der Waals surface area (Å²) in [4.78, 5) is 17.0. The molecular formula is C20H20N6O2. The van der Waals surface area contributed by atoms with Gasteiger partial charge in [-0.05, 0) is 36.8 Å². The zero-order valence-corrected chi connectivity index (χ0v) is 15.7. The molecule has 0 saturated carbocycles. The van der Waals surface area contributed by atoms with Crippen LogP contribution in [0.15, 0.2) is 54.9 Å². The number of carbonyl (C=O) groups excluding carboxylic acids is 1. The van der Waals surface area contributed by atoms with E-state index in [0.29, 0.717) is 30.2 Å². The smallest absolute Gasteiger partial charge is 0.270 e. The molecule has 3 aromatic heterocycles. The molecule has 142 valence electrons. The summed E-state index contributed by atoms with van der Waals surface area (Å²) in [7, 11) is 1.64. The Kier molecular flexibility index (Phi) is 4.76. The highest BCUT2D eigenvalue weighted by Gasteiger charge is 2.16. The summed E-state index contributed by atoms with van der Waals surface area (Å²) in [5.41, 5.74) is 3.74. The van der Waals surface area contributed by atoms with Crippen LogP contribution in [0.1, 0.15) is 27.4 Å². The first kappa shape index (κ1) is 17.7. The van der Waals surface area contributed by atoms with Gasteiger partial charge in [-0.2, -0.15) is 0 Å². The van der Waals surface area contributed by atoms with Crippen LogP contribution in [0.4, 0.5) is 0 Å². The molecule has 1 aromatic carbocycles. The number of hydrogen-bond acceptors (Lipinski definition) is 5. The molecule has 1 amide bonds. The predicted molar refractivity (Wildman–Crippen MR) is 103 cm³/mol. The zero-order chi connectivity index (χ0) is 19.5. The Morgan fingerprint density at radius 3 is 2.79 bits per heavy atom. The van der Waals surface area contributed by atoms with Crippen LogP contribution >= 0.6 is 0 Å². The molecule has 28 heavy (non-hydrogen) atoms. The molecule has 4 rings (SSSR count). The van der Waals surface area contributed by atoms with Gasteiger partial charge in [0.1, 0.15) is 22.8 Å². The van der Waals surface area contributed by atoms with Crippen LogP contribution in [-0.2, 0) is 13.1 Å². The van der Waals surface area contributed by atoms with Gasteiger partial charge in [-0.3, -0.25) is 9.20 Å². The van der Waals surface area contributed by atoms with Crippen molar-refractivity contribution in [3.8, 4) is 5.75 Å². The molecule has 0 aliphatic heterocycles. The van der Waals surface area contributed by atoms with Crippen molar-refractivity contribution in [1.82, 2.24) is 29.7 Å². The van der Waals surface area contributed by atoms with Gasteiger partial charge < -0.3 is 10.1 Å². The van der Waals surface area contributed by atoms with Gasteiger partial charge >= 0.3 is 0 Å². The van der Waals surface area contributed by atoms with Crippen LogP contribution in [0.5, 0.6) is 5.75 Å². The summed E-state index contributed by atoms with van der Waals surface area (Å²) in [5.74, 6) is 0.620. The SMILES string of the molecule is COc1ccc(Cn2cc(CNC(=O)c3c(C)nc4ccccn34)nn2)cc1. The Morgan fingerprint density at radius 2 is 2.00 bits per heavy atom. The molecule has 0 fully saturated rings. The van der Waals surface area contributed by atoms with Gasteiger partial charge in [-0.1, -0.05) is 23.4 Å². The third-order valence-corrected chi connectivity index (χ3v) is 4.44. The summed E-state index contributed by atoms with van der Waals surface area (Å²) in [6.07, 6.45) is 3.65. The lowest BCUT2D eigenvalue weighted by Gasteiger charge is -2.04. The van der Waals surface area contributed by atoms with Gasteiger partial charge in [0, 0.05) is 6.20 Å². The number of pyridine rings is 1. The second-order valence-corrected chi connectivity index (χ2v) is 6.41. The number of ether oxygens (including phenoxy) is 1. The number of carbonyl (C=O) groups is 1. The summed E-state index contributed by atoms with van der Waals surface area (Å²) in [6, 6.07) is 13.4. The number of aryl methyl sites for hydroxylation is 1. The molecule has 3 heterocycles. The Morgan fingerprint density at radius 1 is 1.18 bits per heavy atom. The molecule has 0 spiro atoms. The fourth-order valence-corrected chi connectivity index (χ4v) is 3.06. The topological polar surface area (TPSA) is 86.3 Å². The van der Waals surface area contributed by atoms with Crippen LogP contribution < -0.4 is 10.1 Å². The summed E-state index contributed by atoms with van der Waals surface area (Å²) >= 11 is 0. The molecule has 0 saturated heterocycles. The molecule has 4 aromatic rings. The van der Waals surface area contributed by atoms with E-state index in [2.05, 4.69) is 20.6 Å². The van der Waals surface area contributed by atoms with Crippen molar-refractivity contribution >= 4 is 11.6 Å². The summed E-state index contributed by atoms with van der Waals surface area (Å²) < 4.78 is 8.68. The second kappa shape index (κ2) is 7.51. The molecule has 8 heteroatoms. The predicted octanol–water partition coefficient (Wildman–Crippen LogP) is 2.22. The lowest BCUT2D eigenvalue weighted by Crippen LogP contribution is -2.25. The van der Waals surface area contributed by atoms with Crippen molar-refractivity contribution in [3.05, 3.63) is 77.5 Å². The van der Waals surface area contributed by atoms with Crippen LogP contribution in [0.25, 0.3) is 5.65 Å². The maximum Gasteiger partial charge on any atom is 0.270 e. The van der Waals surface area contributed by atoms with Crippen LogP contribution in [0.2, 0.25) is 0 Å². The number of methoxy groups -OCH3 is 1. The minimum absolute atomic E-state index is 0.194. The van der Waals surface area contributed by atoms with Crippen molar-refractivity contribution in [2.75, 3.05) is 7.11 Å². The number of imidazole rings is 1. The maximum absolute atomic E-state index is 12.6. The molecular weight excluding hydrogens is 356 g/mol. The van der Waals surface area contributed by atoms with Gasteiger partial charge in [-0.15, -0.1) is 5.10 Å². The number of aromatic nitrogens is 5. The van der Waals surface area contributed by atoms with E-state index in [-0.39, 0.29) is 5.91 Å². The Bertz CT molecular complexity index is 1110. The maximum atomic E-state index is 12.6. The molecule has 0 aliphatic carbocycles. The quantitative estimate of drug-likeness (QED) is 0.558. The molecule has 0 aliphatic rings. The Balaban J connectivity index is 1.41. The first-order chi connectivity index (χ1) is 13.6. The number of nitrogens with one attached hydrogen (secondary N) is 1. The molecule has 0 radical (unpaired) electrons. The van der Waals surface area contributed by atoms with E-state index in [0.717, 1.165) is 17.0 Å². The molecule has 0 bridgehead atoms. The van der Waals surface area contributed by atoms with Gasteiger partial charge in [0.25, 0.3) is 5.91 Å². The number of nitrogens with zero attached hydrogens (tertiary/aromatic N) is 5. The molecule has 0 unspecified atom stereocenters. The van der Waals surface area contributed by atoms with E-state index in [1.807, 2.05) is 61.8 Å². The van der Waals surface area contributed by atoms with E-state index in [1.165, 1.54) is 0 Å². The van der Waals surface area contributed by atoms with Gasteiger partial charge in [0.2, 0.25) is 0 Å². The lowest BCUT2D eigenvalue weighted by molar-refractivity contribution is 0.0944. The minimum atomic E-state index is -0.194. The average molecular weight is 376 g/mol. The molecule has 1 N–H and O–H groups in total. The second-order valence-electron chi connectivity index (χ2n) is 6.41. The normalized spacial score (nSPS) is 10.9. The highest BCUT2D eigenvalue weighted by molar-refractivity contribution is 5.94.